The van der Waals surface area contributed by atoms with E-state index < -0.39 is 65.6 Å². The summed E-state index contributed by atoms with van der Waals surface area (Å²) in [6.07, 6.45) is 3.22. The summed E-state index contributed by atoms with van der Waals surface area (Å²) in [6, 6.07) is 4.63. The third-order valence-corrected chi connectivity index (χ3v) is 12.2. The van der Waals surface area contributed by atoms with Crippen LogP contribution in [0.15, 0.2) is 30.6 Å². The van der Waals surface area contributed by atoms with Gasteiger partial charge in [-0.2, -0.15) is 3.89 Å². The molecule has 0 spiro atoms. The Morgan fingerprint density at radius 1 is 1.10 bits per heavy atom. The molecule has 2 aromatic heterocycles. The molecule has 0 radical (unpaired) electrons. The molecule has 18 heteroatoms. The Bertz CT molecular complexity index is 1680. The highest BCUT2D eigenvalue weighted by Crippen LogP contribution is 2.39. The number of halogens is 1. The van der Waals surface area contributed by atoms with Gasteiger partial charge in [-0.1, -0.05) is 25.1 Å². The van der Waals surface area contributed by atoms with Crippen molar-refractivity contribution in [3.05, 3.63) is 30.6 Å². The number of ketones is 1. The number of fused-ring (bicyclic) bond motifs is 1. The second-order valence-corrected chi connectivity index (χ2v) is 17.4. The summed E-state index contributed by atoms with van der Waals surface area (Å²) in [7, 11) is 5.38. The number of unbranched alkanes of at least 4 members (excludes halogenated alkanes) is 1. The van der Waals surface area contributed by atoms with E-state index in [1.807, 2.05) is 78.0 Å². The van der Waals surface area contributed by atoms with E-state index in [2.05, 4.69) is 27.5 Å². The van der Waals surface area contributed by atoms with Crippen molar-refractivity contribution in [2.24, 2.45) is 11.8 Å². The van der Waals surface area contributed by atoms with E-state index in [4.69, 9.17) is 23.7 Å². The number of aromatic nitrogens is 4. The summed E-state index contributed by atoms with van der Waals surface area (Å²) in [5.74, 6) is -2.26. The monoisotopic (exact) mass is 865 g/mol. The molecule has 16 nitrogen and oxygen atoms in total. The minimum absolute atomic E-state index is 0.00281. The zero-order chi connectivity index (χ0) is 44.4. The lowest BCUT2D eigenvalue weighted by atomic mass is 9.83. The van der Waals surface area contributed by atoms with E-state index in [9.17, 15) is 23.4 Å². The lowest BCUT2D eigenvalue weighted by Crippen LogP contribution is -2.61. The first kappa shape index (κ1) is 49.4. The summed E-state index contributed by atoms with van der Waals surface area (Å²) in [5.41, 5.74) is -0.795. The molecule has 0 aliphatic carbocycles. The molecule has 338 valence electrons. The fourth-order valence-electron chi connectivity index (χ4n) is 8.75. The molecule has 3 aliphatic heterocycles. The van der Waals surface area contributed by atoms with Gasteiger partial charge in [0, 0.05) is 63.3 Å². The standard InChI is InChI=1S/C41H65N7O9.CH3FS/c1-11-33-41(7)36(48(39(52)57-41)19-15-14-18-47-24-30(44-45-47)29-16-12-13-17-42-29)28(5)43-23-25(2)22-40(6,53-10)34(21-32(49)27(4)37(51)55-33)56-38-35(50)31(46(8)9)20-26(3)54-38;1-3-2/h12-13,16-17,24-28,31,33-36,38,43,50H,11,14-15,18-23H2,1-10H3;1H3/t25-,26?,27-,28-,31?,33-,34-,35?,36-,38+,40+,41-;/m1./s1. The van der Waals surface area contributed by atoms with E-state index in [1.165, 1.54) is 13.2 Å². The second-order valence-electron chi connectivity index (χ2n) is 17.1. The number of aliphatic hydroxyl groups excluding tert-OH is 1. The van der Waals surface area contributed by atoms with Crippen LogP contribution in [0.1, 0.15) is 87.0 Å². The highest BCUT2D eigenvalue weighted by Gasteiger charge is 2.58. The number of ether oxygens (including phenoxy) is 5. The first-order valence-electron chi connectivity index (χ1n) is 21.1. The lowest BCUT2D eigenvalue weighted by molar-refractivity contribution is -0.289. The van der Waals surface area contributed by atoms with Gasteiger partial charge in [-0.3, -0.25) is 24.2 Å². The smallest absolute Gasteiger partial charge is 0.410 e. The number of amides is 1. The first-order valence-corrected chi connectivity index (χ1v) is 22.2. The summed E-state index contributed by atoms with van der Waals surface area (Å²) < 4.78 is 43.2. The molecular weight excluding hydrogens is 798 g/mol. The number of carbonyl (C=O) groups excluding carboxylic acids is 3. The zero-order valence-electron chi connectivity index (χ0n) is 37.2. The van der Waals surface area contributed by atoms with Gasteiger partial charge in [-0.15, -0.1) is 5.10 Å². The van der Waals surface area contributed by atoms with Crippen molar-refractivity contribution in [1.82, 2.24) is 35.1 Å². The molecule has 3 aliphatic rings. The van der Waals surface area contributed by atoms with Crippen LogP contribution in [0.5, 0.6) is 0 Å². The molecule has 0 aromatic carbocycles. The maximum absolute atomic E-state index is 14.0. The average molecular weight is 866 g/mol. The van der Waals surface area contributed by atoms with Gasteiger partial charge in [0.1, 0.15) is 29.6 Å². The van der Waals surface area contributed by atoms with Gasteiger partial charge < -0.3 is 39.0 Å². The van der Waals surface area contributed by atoms with Crippen molar-refractivity contribution in [2.75, 3.05) is 40.6 Å². The predicted molar refractivity (Wildman–Crippen MR) is 225 cm³/mol. The van der Waals surface area contributed by atoms with Crippen molar-refractivity contribution in [2.45, 2.75) is 154 Å². The normalized spacial score (nSPS) is 34.5. The maximum atomic E-state index is 14.0. The van der Waals surface area contributed by atoms with Crippen molar-refractivity contribution >= 4 is 30.0 Å². The van der Waals surface area contributed by atoms with Crippen LogP contribution in [-0.2, 0) is 39.8 Å². The Morgan fingerprint density at radius 2 is 1.80 bits per heavy atom. The lowest BCUT2D eigenvalue weighted by Gasteiger charge is -2.45. The van der Waals surface area contributed by atoms with Gasteiger partial charge in [0.15, 0.2) is 11.9 Å². The van der Waals surface area contributed by atoms with Gasteiger partial charge in [0.2, 0.25) is 0 Å². The van der Waals surface area contributed by atoms with Crippen molar-refractivity contribution < 1.29 is 47.1 Å². The van der Waals surface area contributed by atoms with Crippen LogP contribution in [0.2, 0.25) is 0 Å². The Morgan fingerprint density at radius 3 is 2.43 bits per heavy atom. The molecule has 3 saturated heterocycles. The summed E-state index contributed by atoms with van der Waals surface area (Å²) in [4.78, 5) is 49.7. The van der Waals surface area contributed by atoms with Crippen LogP contribution in [0, 0.1) is 11.8 Å². The molecule has 2 aromatic rings. The van der Waals surface area contributed by atoms with Crippen LogP contribution >= 0.6 is 12.1 Å². The van der Waals surface area contributed by atoms with Gasteiger partial charge in [0.05, 0.1) is 35.7 Å². The molecule has 2 N–H and O–H groups in total. The Labute approximate surface area is 359 Å². The molecule has 1 amide bonds. The number of aliphatic hydroxyl groups is 1. The molecule has 12 atom stereocenters. The van der Waals surface area contributed by atoms with Crippen molar-refractivity contribution in [1.29, 1.82) is 0 Å². The number of likely N-dealkylation sites (N-methyl/N-ethyl adjacent to an activating group) is 1. The van der Waals surface area contributed by atoms with E-state index in [0.717, 1.165) is 12.1 Å². The number of pyridine rings is 1. The third kappa shape index (κ3) is 12.0. The number of esters is 1. The minimum atomic E-state index is -1.22. The number of nitrogens with zero attached hydrogens (tertiary/aromatic N) is 6. The number of Topliss-reactive ketones (excluding diaryl/α,β-unsaturated/α-hetero) is 1. The SMILES string of the molecule is CC[C@H]1OC(=O)[C@H](C)C(=O)C[C@@H](O[C@@H]2OC(C)CC(N(C)C)C2O)[C@@](C)(OC)C[C@@H](C)CN[C@H](C)[C@H]2N(CCCCn3cc(-c4ccccn4)nn3)C(=O)O[C@]12C.CSF. The number of aryl methyl sites for hydroxylation is 1. The maximum Gasteiger partial charge on any atom is 0.410 e. The zero-order valence-corrected chi connectivity index (χ0v) is 38.0. The Balaban J connectivity index is 0.00000257. The summed E-state index contributed by atoms with van der Waals surface area (Å²) in [5, 5.41) is 23.5. The fraction of sp³-hybridized carbons (Fsp3) is 0.762. The molecule has 5 rings (SSSR count). The van der Waals surface area contributed by atoms with Crippen LogP contribution in [0.25, 0.3) is 11.4 Å². The molecule has 0 saturated carbocycles. The average Bonchev–Trinajstić information content (AvgIpc) is 3.79. The predicted octanol–water partition coefficient (Wildman–Crippen LogP) is 5.09. The van der Waals surface area contributed by atoms with Crippen molar-refractivity contribution in [3.8, 4) is 11.4 Å². The minimum Gasteiger partial charge on any atom is -0.458 e. The number of hydrogen-bond acceptors (Lipinski definition) is 15. The Kier molecular flexibility index (Phi) is 18.3. The topological polar surface area (TPSA) is 180 Å². The van der Waals surface area contributed by atoms with Gasteiger partial charge in [-0.05, 0) is 105 Å². The molecule has 3 fully saturated rings. The van der Waals surface area contributed by atoms with E-state index in [1.54, 1.807) is 22.9 Å². The largest absolute Gasteiger partial charge is 0.458 e. The highest BCUT2D eigenvalue weighted by molar-refractivity contribution is 7.93. The number of hydrogen-bond donors (Lipinski definition) is 2. The molecule has 60 heavy (non-hydrogen) atoms. The summed E-state index contributed by atoms with van der Waals surface area (Å²) >= 11 is 0.250. The highest BCUT2D eigenvalue weighted by atomic mass is 32.2. The fourth-order valence-corrected chi connectivity index (χ4v) is 8.75. The number of cyclic esters (lactones) is 1. The molecule has 0 bridgehead atoms. The van der Waals surface area contributed by atoms with E-state index >= 15 is 0 Å². The van der Waals surface area contributed by atoms with Crippen LogP contribution in [-0.4, -0.2) is 153 Å². The van der Waals surface area contributed by atoms with Crippen LogP contribution in [0.4, 0.5) is 8.68 Å². The Hall–Kier alpha value is -3.26. The number of rotatable bonds is 11. The van der Waals surface area contributed by atoms with E-state index in [-0.39, 0.29) is 42.7 Å². The van der Waals surface area contributed by atoms with Gasteiger partial charge in [-0.25, -0.2) is 4.79 Å². The van der Waals surface area contributed by atoms with E-state index in [0.29, 0.717) is 51.0 Å². The number of methoxy groups -OCH3 is 1. The molecule has 3 unspecified atom stereocenters. The summed E-state index contributed by atoms with van der Waals surface area (Å²) in [6.45, 7) is 14.7. The molecule has 5 heterocycles. The third-order valence-electron chi connectivity index (χ3n) is 12.2. The second kappa shape index (κ2) is 22.2. The van der Waals surface area contributed by atoms with Crippen LogP contribution < -0.4 is 5.32 Å². The number of nitrogens with one attached hydrogen (secondary N) is 1. The van der Waals surface area contributed by atoms with Gasteiger partial charge >= 0.3 is 12.1 Å². The van der Waals surface area contributed by atoms with Crippen LogP contribution in [0.3, 0.4) is 0 Å². The molecular formula is C42H68FN7O9S. The first-order chi connectivity index (χ1) is 28.4. The van der Waals surface area contributed by atoms with Crippen molar-refractivity contribution in [3.63, 3.8) is 0 Å². The number of carbonyl (C=O) groups is 3. The van der Waals surface area contributed by atoms with Gasteiger partial charge in [0.25, 0.3) is 0 Å². The quantitative estimate of drug-likeness (QED) is 0.173.